The van der Waals surface area contributed by atoms with Gasteiger partial charge in [0, 0.05) is 6.42 Å². The van der Waals surface area contributed by atoms with Gasteiger partial charge in [0.15, 0.2) is 0 Å². The normalized spacial score (nSPS) is 11.2. The van der Waals surface area contributed by atoms with Crippen molar-refractivity contribution in [1.29, 1.82) is 0 Å². The Balaban J connectivity index is 3.12. The van der Waals surface area contributed by atoms with Crippen molar-refractivity contribution in [3.63, 3.8) is 0 Å². The van der Waals surface area contributed by atoms with E-state index < -0.39 is 0 Å². The number of esters is 1. The summed E-state index contributed by atoms with van der Waals surface area (Å²) in [6.45, 7) is 2.26. The van der Waals surface area contributed by atoms with Crippen LogP contribution in [0.5, 0.6) is 0 Å². The first-order valence-corrected chi connectivity index (χ1v) is 9.86. The lowest BCUT2D eigenvalue weighted by Gasteiger charge is -2.01. The highest BCUT2D eigenvalue weighted by Gasteiger charge is 2.00. The van der Waals surface area contributed by atoms with Gasteiger partial charge < -0.3 is 4.74 Å². The lowest BCUT2D eigenvalue weighted by Crippen LogP contribution is -2.02. The van der Waals surface area contributed by atoms with Crippen molar-refractivity contribution in [2.75, 3.05) is 5.94 Å². The van der Waals surface area contributed by atoms with Gasteiger partial charge in [-0.2, -0.15) is 0 Å². The van der Waals surface area contributed by atoms with Crippen LogP contribution >= 0.6 is 12.6 Å². The van der Waals surface area contributed by atoms with E-state index in [1.165, 1.54) is 70.6 Å². The summed E-state index contributed by atoms with van der Waals surface area (Å²) in [7, 11) is 0. The molecule has 0 aromatic heterocycles. The maximum atomic E-state index is 11.1. The molecule has 0 bridgehead atoms. The molecule has 0 atom stereocenters. The summed E-state index contributed by atoms with van der Waals surface area (Å²) in [5.74, 6) is 0.0804. The molecule has 0 aliphatic carbocycles. The summed E-state index contributed by atoms with van der Waals surface area (Å²) in [6.07, 6.45) is 21.8. The van der Waals surface area contributed by atoms with Crippen LogP contribution in [-0.4, -0.2) is 11.9 Å². The number of carbonyl (C=O) groups excluding carboxylic acids is 1. The standard InChI is InChI=1S/C19H36O2S/c1-2-3-4-5-6-7-8-9-10-11-12-13-14-15-16-17-19(20)21-18-22/h9-10,22H,2-8,11-18H2,1H3/b10-9-. The molecule has 0 saturated carbocycles. The molecule has 0 saturated heterocycles. The van der Waals surface area contributed by atoms with Gasteiger partial charge in [0.05, 0.1) is 0 Å². The SMILES string of the molecule is CCCCCCCC/C=C\CCCCCCCC(=O)OCS. The summed E-state index contributed by atoms with van der Waals surface area (Å²) in [6, 6.07) is 0. The molecule has 0 spiro atoms. The zero-order valence-corrected chi connectivity index (χ0v) is 15.4. The van der Waals surface area contributed by atoms with Crippen molar-refractivity contribution in [3.8, 4) is 0 Å². The Morgan fingerprint density at radius 1 is 0.818 bits per heavy atom. The Hall–Kier alpha value is -0.440. The second kappa shape index (κ2) is 18.6. The second-order valence-corrected chi connectivity index (χ2v) is 6.24. The zero-order chi connectivity index (χ0) is 16.3. The average molecular weight is 329 g/mol. The number of unbranched alkanes of at least 4 members (excludes halogenated alkanes) is 11. The molecule has 22 heavy (non-hydrogen) atoms. The van der Waals surface area contributed by atoms with Crippen molar-refractivity contribution in [2.24, 2.45) is 0 Å². The number of hydrogen-bond donors (Lipinski definition) is 1. The molecule has 0 fully saturated rings. The first kappa shape index (κ1) is 21.6. The van der Waals surface area contributed by atoms with E-state index in [1.807, 2.05) is 0 Å². The fraction of sp³-hybridized carbons (Fsp3) is 0.842. The largest absolute Gasteiger partial charge is 0.455 e. The Labute approximate surface area is 143 Å². The van der Waals surface area contributed by atoms with Crippen LogP contribution in [0, 0.1) is 0 Å². The fourth-order valence-corrected chi connectivity index (χ4v) is 2.63. The van der Waals surface area contributed by atoms with Crippen LogP contribution in [0.2, 0.25) is 0 Å². The van der Waals surface area contributed by atoms with Gasteiger partial charge in [-0.3, -0.25) is 4.79 Å². The number of allylic oxidation sites excluding steroid dienone is 2. The first-order chi connectivity index (χ1) is 10.8. The molecule has 3 heteroatoms. The van der Waals surface area contributed by atoms with E-state index in [-0.39, 0.29) is 11.9 Å². The molecule has 0 radical (unpaired) electrons. The van der Waals surface area contributed by atoms with Crippen molar-refractivity contribution < 1.29 is 9.53 Å². The van der Waals surface area contributed by atoms with Crippen LogP contribution in [0.4, 0.5) is 0 Å². The van der Waals surface area contributed by atoms with Gasteiger partial charge in [0.2, 0.25) is 0 Å². The molecule has 0 rings (SSSR count). The van der Waals surface area contributed by atoms with Gasteiger partial charge >= 0.3 is 5.97 Å². The van der Waals surface area contributed by atoms with E-state index in [0.29, 0.717) is 6.42 Å². The summed E-state index contributed by atoms with van der Waals surface area (Å²) in [5, 5.41) is 0. The monoisotopic (exact) mass is 328 g/mol. The lowest BCUT2D eigenvalue weighted by atomic mass is 10.1. The van der Waals surface area contributed by atoms with Crippen molar-refractivity contribution >= 4 is 18.6 Å². The average Bonchev–Trinajstić information content (AvgIpc) is 2.51. The van der Waals surface area contributed by atoms with Crippen LogP contribution in [0.25, 0.3) is 0 Å². The summed E-state index contributed by atoms with van der Waals surface area (Å²) < 4.78 is 4.78. The topological polar surface area (TPSA) is 26.3 Å². The summed E-state index contributed by atoms with van der Waals surface area (Å²) in [5.41, 5.74) is 0. The minimum Gasteiger partial charge on any atom is -0.455 e. The van der Waals surface area contributed by atoms with E-state index >= 15 is 0 Å². The van der Waals surface area contributed by atoms with Crippen LogP contribution < -0.4 is 0 Å². The third kappa shape index (κ3) is 17.6. The molecule has 130 valence electrons. The molecule has 0 N–H and O–H groups in total. The number of carbonyl (C=O) groups is 1. The highest BCUT2D eigenvalue weighted by Crippen LogP contribution is 2.10. The maximum absolute atomic E-state index is 11.1. The third-order valence-electron chi connectivity index (χ3n) is 3.87. The van der Waals surface area contributed by atoms with Gasteiger partial charge in [-0.1, -0.05) is 70.4 Å². The number of ether oxygens (including phenoxy) is 1. The van der Waals surface area contributed by atoms with Crippen molar-refractivity contribution in [2.45, 2.75) is 96.8 Å². The van der Waals surface area contributed by atoms with Crippen LogP contribution in [0.15, 0.2) is 12.2 Å². The quantitative estimate of drug-likeness (QED) is 0.116. The van der Waals surface area contributed by atoms with Gasteiger partial charge in [-0.05, 0) is 32.1 Å². The minimum atomic E-state index is -0.118. The molecule has 0 aromatic carbocycles. The van der Waals surface area contributed by atoms with E-state index in [1.54, 1.807) is 0 Å². The predicted octanol–water partition coefficient (Wildman–Crippen LogP) is 6.45. The zero-order valence-electron chi connectivity index (χ0n) is 14.5. The summed E-state index contributed by atoms with van der Waals surface area (Å²) >= 11 is 3.86. The molecule has 0 aliphatic rings. The smallest absolute Gasteiger partial charge is 0.306 e. The van der Waals surface area contributed by atoms with E-state index in [9.17, 15) is 4.79 Å². The lowest BCUT2D eigenvalue weighted by molar-refractivity contribution is -0.141. The van der Waals surface area contributed by atoms with Gasteiger partial charge in [0.1, 0.15) is 5.94 Å². The molecule has 0 aliphatic heterocycles. The van der Waals surface area contributed by atoms with Crippen molar-refractivity contribution in [1.82, 2.24) is 0 Å². The molecular weight excluding hydrogens is 292 g/mol. The Morgan fingerprint density at radius 2 is 1.32 bits per heavy atom. The number of hydrogen-bond acceptors (Lipinski definition) is 3. The third-order valence-corrected chi connectivity index (χ3v) is 4.00. The highest BCUT2D eigenvalue weighted by atomic mass is 32.1. The van der Waals surface area contributed by atoms with Gasteiger partial charge in [-0.15, -0.1) is 12.6 Å². The Kier molecular flexibility index (Phi) is 18.2. The summed E-state index contributed by atoms with van der Waals surface area (Å²) in [4.78, 5) is 11.1. The van der Waals surface area contributed by atoms with Crippen molar-refractivity contribution in [3.05, 3.63) is 12.2 Å². The van der Waals surface area contributed by atoms with Gasteiger partial charge in [0.25, 0.3) is 0 Å². The van der Waals surface area contributed by atoms with Crippen LogP contribution in [-0.2, 0) is 9.53 Å². The molecule has 0 aromatic rings. The molecule has 0 heterocycles. The minimum absolute atomic E-state index is 0.118. The van der Waals surface area contributed by atoms with E-state index in [2.05, 4.69) is 31.7 Å². The molecule has 0 unspecified atom stereocenters. The number of rotatable bonds is 16. The van der Waals surface area contributed by atoms with Crippen LogP contribution in [0.1, 0.15) is 96.8 Å². The second-order valence-electron chi connectivity index (χ2n) is 5.98. The molecular formula is C19H36O2S. The van der Waals surface area contributed by atoms with Crippen LogP contribution in [0.3, 0.4) is 0 Å². The van der Waals surface area contributed by atoms with E-state index in [4.69, 9.17) is 4.74 Å². The predicted molar refractivity (Wildman–Crippen MR) is 99.4 cm³/mol. The number of thiol groups is 1. The Morgan fingerprint density at radius 3 is 1.86 bits per heavy atom. The Bertz CT molecular complexity index is 264. The highest BCUT2D eigenvalue weighted by molar-refractivity contribution is 7.80. The van der Waals surface area contributed by atoms with Gasteiger partial charge in [-0.25, -0.2) is 0 Å². The first-order valence-electron chi connectivity index (χ1n) is 9.22. The maximum Gasteiger partial charge on any atom is 0.306 e. The van der Waals surface area contributed by atoms with E-state index in [0.717, 1.165) is 12.8 Å². The molecule has 2 nitrogen and oxygen atoms in total. The molecule has 0 amide bonds. The fourth-order valence-electron chi connectivity index (χ4n) is 2.48.